The Labute approximate surface area is 85.2 Å². The van der Waals surface area contributed by atoms with Crippen LogP contribution in [0.1, 0.15) is 45.4 Å². The zero-order valence-electron chi connectivity index (χ0n) is 8.83. The van der Waals surface area contributed by atoms with Gasteiger partial charge >= 0.3 is 0 Å². The van der Waals surface area contributed by atoms with Crippen molar-refractivity contribution in [3.63, 3.8) is 0 Å². The molecule has 0 aromatic heterocycles. The van der Waals surface area contributed by atoms with E-state index >= 15 is 0 Å². The highest BCUT2D eigenvalue weighted by Gasteiger charge is 2.29. The Balaban J connectivity index is 1.99. The van der Waals surface area contributed by atoms with Crippen LogP contribution in [0.15, 0.2) is 5.10 Å². The smallest absolute Gasteiger partial charge is 0.248 e. The number of amides is 1. The summed E-state index contributed by atoms with van der Waals surface area (Å²) in [6.45, 7) is 2.87. The summed E-state index contributed by atoms with van der Waals surface area (Å²) >= 11 is 0. The summed E-state index contributed by atoms with van der Waals surface area (Å²) in [7, 11) is 0. The summed E-state index contributed by atoms with van der Waals surface area (Å²) in [4.78, 5) is 11.5. The Morgan fingerprint density at radius 1 is 1.43 bits per heavy atom. The SMILES string of the molecule is CCCN1N=C(C2CCCC2)CC1=O. The topological polar surface area (TPSA) is 32.7 Å². The van der Waals surface area contributed by atoms with Gasteiger partial charge in [0.25, 0.3) is 0 Å². The first-order valence-corrected chi connectivity index (χ1v) is 5.69. The van der Waals surface area contributed by atoms with Crippen molar-refractivity contribution in [1.82, 2.24) is 5.01 Å². The summed E-state index contributed by atoms with van der Waals surface area (Å²) in [6.07, 6.45) is 6.69. The Kier molecular flexibility index (Phi) is 2.85. The van der Waals surface area contributed by atoms with Crippen molar-refractivity contribution in [1.29, 1.82) is 0 Å². The van der Waals surface area contributed by atoms with E-state index in [1.165, 1.54) is 25.7 Å². The van der Waals surface area contributed by atoms with Gasteiger partial charge in [-0.3, -0.25) is 4.79 Å². The highest BCUT2D eigenvalue weighted by Crippen LogP contribution is 2.29. The van der Waals surface area contributed by atoms with Crippen LogP contribution >= 0.6 is 0 Å². The van der Waals surface area contributed by atoms with E-state index in [2.05, 4.69) is 12.0 Å². The fourth-order valence-electron chi connectivity index (χ4n) is 2.36. The summed E-state index contributed by atoms with van der Waals surface area (Å²) in [6, 6.07) is 0. The van der Waals surface area contributed by atoms with Crippen molar-refractivity contribution in [2.45, 2.75) is 45.4 Å². The summed E-state index contributed by atoms with van der Waals surface area (Å²) in [5, 5.41) is 6.10. The number of rotatable bonds is 3. The number of hydrazone groups is 1. The van der Waals surface area contributed by atoms with Crippen LogP contribution in [-0.2, 0) is 4.79 Å². The molecule has 0 bridgehead atoms. The second kappa shape index (κ2) is 4.11. The van der Waals surface area contributed by atoms with E-state index in [0.717, 1.165) is 18.7 Å². The first-order valence-electron chi connectivity index (χ1n) is 5.69. The lowest BCUT2D eigenvalue weighted by atomic mass is 10.00. The molecule has 1 saturated carbocycles. The second-order valence-corrected chi connectivity index (χ2v) is 4.27. The molecule has 78 valence electrons. The highest BCUT2D eigenvalue weighted by atomic mass is 16.2. The zero-order valence-corrected chi connectivity index (χ0v) is 8.83. The van der Waals surface area contributed by atoms with Crippen LogP contribution in [0.5, 0.6) is 0 Å². The molecule has 0 N–H and O–H groups in total. The third-order valence-corrected chi connectivity index (χ3v) is 3.13. The fraction of sp³-hybridized carbons (Fsp3) is 0.818. The van der Waals surface area contributed by atoms with E-state index in [-0.39, 0.29) is 5.91 Å². The zero-order chi connectivity index (χ0) is 9.97. The molecule has 0 radical (unpaired) electrons. The van der Waals surface area contributed by atoms with Gasteiger partial charge in [0, 0.05) is 6.54 Å². The Hall–Kier alpha value is -0.860. The van der Waals surface area contributed by atoms with Crippen molar-refractivity contribution >= 4 is 11.6 Å². The molecule has 2 aliphatic rings. The maximum atomic E-state index is 11.5. The molecule has 3 nitrogen and oxygen atoms in total. The van der Waals surface area contributed by atoms with E-state index in [1.54, 1.807) is 5.01 Å². The first-order chi connectivity index (χ1) is 6.81. The second-order valence-electron chi connectivity index (χ2n) is 4.27. The van der Waals surface area contributed by atoms with Crippen molar-refractivity contribution in [3.05, 3.63) is 0 Å². The van der Waals surface area contributed by atoms with E-state index < -0.39 is 0 Å². The van der Waals surface area contributed by atoms with Crippen molar-refractivity contribution in [2.75, 3.05) is 6.54 Å². The Bertz CT molecular complexity index is 254. The largest absolute Gasteiger partial charge is 0.273 e. The van der Waals surface area contributed by atoms with Crippen LogP contribution in [-0.4, -0.2) is 23.2 Å². The van der Waals surface area contributed by atoms with Gasteiger partial charge in [0.2, 0.25) is 5.91 Å². The van der Waals surface area contributed by atoms with Gasteiger partial charge in [-0.25, -0.2) is 5.01 Å². The normalized spacial score (nSPS) is 23.4. The molecule has 0 unspecified atom stereocenters. The van der Waals surface area contributed by atoms with Crippen LogP contribution in [0.4, 0.5) is 0 Å². The number of nitrogens with zero attached hydrogens (tertiary/aromatic N) is 2. The van der Waals surface area contributed by atoms with E-state index in [4.69, 9.17) is 0 Å². The van der Waals surface area contributed by atoms with Gasteiger partial charge in [0.05, 0.1) is 12.1 Å². The minimum absolute atomic E-state index is 0.203. The molecule has 1 fully saturated rings. The number of carbonyl (C=O) groups is 1. The summed E-state index contributed by atoms with van der Waals surface area (Å²) in [5.74, 6) is 0.814. The maximum Gasteiger partial charge on any atom is 0.248 e. The number of hydrogen-bond acceptors (Lipinski definition) is 2. The van der Waals surface area contributed by atoms with Crippen LogP contribution in [0.2, 0.25) is 0 Å². The molecular weight excluding hydrogens is 176 g/mol. The van der Waals surface area contributed by atoms with Gasteiger partial charge < -0.3 is 0 Å². The minimum atomic E-state index is 0.203. The van der Waals surface area contributed by atoms with Gasteiger partial charge in [-0.1, -0.05) is 19.8 Å². The lowest BCUT2D eigenvalue weighted by molar-refractivity contribution is -0.128. The van der Waals surface area contributed by atoms with Gasteiger partial charge in [0.15, 0.2) is 0 Å². The van der Waals surface area contributed by atoms with Gasteiger partial charge in [0.1, 0.15) is 0 Å². The molecular formula is C11H18N2O. The average molecular weight is 194 g/mol. The molecule has 0 aromatic carbocycles. The molecule has 1 aliphatic heterocycles. The quantitative estimate of drug-likeness (QED) is 0.677. The fourth-order valence-corrected chi connectivity index (χ4v) is 2.36. The Morgan fingerprint density at radius 2 is 2.14 bits per heavy atom. The molecule has 2 rings (SSSR count). The standard InChI is InChI=1S/C11H18N2O/c1-2-7-13-11(14)8-10(12-13)9-5-3-4-6-9/h9H,2-8H2,1H3. The number of hydrogen-bond donors (Lipinski definition) is 0. The molecule has 0 saturated heterocycles. The minimum Gasteiger partial charge on any atom is -0.273 e. The molecule has 1 aliphatic carbocycles. The monoisotopic (exact) mass is 194 g/mol. The van der Waals surface area contributed by atoms with Crippen LogP contribution in [0.3, 0.4) is 0 Å². The van der Waals surface area contributed by atoms with Crippen LogP contribution < -0.4 is 0 Å². The maximum absolute atomic E-state index is 11.5. The van der Waals surface area contributed by atoms with Gasteiger partial charge in [-0.15, -0.1) is 0 Å². The van der Waals surface area contributed by atoms with E-state index in [0.29, 0.717) is 12.3 Å². The summed E-state index contributed by atoms with van der Waals surface area (Å²) in [5.41, 5.74) is 1.15. The van der Waals surface area contributed by atoms with E-state index in [9.17, 15) is 4.79 Å². The number of carbonyl (C=O) groups excluding carboxylic acids is 1. The molecule has 14 heavy (non-hydrogen) atoms. The predicted molar refractivity (Wildman–Crippen MR) is 56.0 cm³/mol. The van der Waals surface area contributed by atoms with Gasteiger partial charge in [-0.05, 0) is 25.2 Å². The average Bonchev–Trinajstić information content (AvgIpc) is 2.76. The molecule has 1 heterocycles. The Morgan fingerprint density at radius 3 is 2.79 bits per heavy atom. The van der Waals surface area contributed by atoms with Crippen molar-refractivity contribution < 1.29 is 4.79 Å². The lowest BCUT2D eigenvalue weighted by Crippen LogP contribution is -2.21. The van der Waals surface area contributed by atoms with Crippen LogP contribution in [0.25, 0.3) is 0 Å². The third-order valence-electron chi connectivity index (χ3n) is 3.13. The lowest BCUT2D eigenvalue weighted by Gasteiger charge is -2.09. The predicted octanol–water partition coefficient (Wildman–Crippen LogP) is 2.17. The van der Waals surface area contributed by atoms with Crippen LogP contribution in [0, 0.1) is 5.92 Å². The summed E-state index contributed by atoms with van der Waals surface area (Å²) < 4.78 is 0. The van der Waals surface area contributed by atoms with Crippen molar-refractivity contribution in [3.8, 4) is 0 Å². The third kappa shape index (κ3) is 1.81. The molecule has 0 atom stereocenters. The van der Waals surface area contributed by atoms with Gasteiger partial charge in [-0.2, -0.15) is 5.10 Å². The van der Waals surface area contributed by atoms with E-state index in [1.807, 2.05) is 0 Å². The molecule has 3 heteroatoms. The highest BCUT2D eigenvalue weighted by molar-refractivity contribution is 6.06. The molecule has 1 amide bonds. The first kappa shape index (κ1) is 9.69. The molecule has 0 aromatic rings. The molecule has 0 spiro atoms. The van der Waals surface area contributed by atoms with Crippen molar-refractivity contribution in [2.24, 2.45) is 11.0 Å².